The van der Waals surface area contributed by atoms with Crippen LogP contribution in [0, 0.1) is 0 Å². The normalized spacial score (nSPS) is 10.4. The average molecular weight is 412 g/mol. The van der Waals surface area contributed by atoms with Crippen LogP contribution in [0.2, 0.25) is 5.02 Å². The maximum Gasteiger partial charge on any atom is 0.340 e. The molecular formula is C22H18ClNO5. The van der Waals surface area contributed by atoms with Gasteiger partial charge in [-0.25, -0.2) is 4.79 Å². The number of amides is 1. The third kappa shape index (κ3) is 4.92. The second kappa shape index (κ2) is 9.21. The second-order valence-electron chi connectivity index (χ2n) is 6.15. The summed E-state index contributed by atoms with van der Waals surface area (Å²) in [5.41, 5.74) is 2.31. The van der Waals surface area contributed by atoms with Gasteiger partial charge < -0.3 is 14.5 Å². The van der Waals surface area contributed by atoms with Crippen molar-refractivity contribution in [2.24, 2.45) is 0 Å². The van der Waals surface area contributed by atoms with Gasteiger partial charge in [0.1, 0.15) is 5.76 Å². The van der Waals surface area contributed by atoms with Crippen molar-refractivity contribution in [1.29, 1.82) is 0 Å². The van der Waals surface area contributed by atoms with Gasteiger partial charge in [-0.1, -0.05) is 36.7 Å². The molecule has 6 nitrogen and oxygen atoms in total. The number of furan rings is 1. The fourth-order valence-corrected chi connectivity index (χ4v) is 2.95. The molecule has 0 aliphatic heterocycles. The number of carbonyl (C=O) groups is 3. The molecule has 3 rings (SSSR count). The number of aldehydes is 1. The van der Waals surface area contributed by atoms with Crippen LogP contribution < -0.4 is 5.32 Å². The van der Waals surface area contributed by atoms with E-state index in [1.54, 1.807) is 18.2 Å². The molecule has 0 aliphatic rings. The monoisotopic (exact) mass is 411 g/mol. The summed E-state index contributed by atoms with van der Waals surface area (Å²) in [7, 11) is 0. The van der Waals surface area contributed by atoms with Crippen LogP contribution in [0.15, 0.2) is 59.0 Å². The fraction of sp³-hybridized carbons (Fsp3) is 0.136. The second-order valence-corrected chi connectivity index (χ2v) is 6.56. The topological polar surface area (TPSA) is 85.6 Å². The highest BCUT2D eigenvalue weighted by atomic mass is 35.5. The predicted octanol–water partition coefficient (Wildman–Crippen LogP) is 4.77. The fourth-order valence-electron chi connectivity index (χ4n) is 2.75. The van der Waals surface area contributed by atoms with Gasteiger partial charge in [-0.3, -0.25) is 9.59 Å². The molecule has 1 aromatic heterocycles. The Hall–Kier alpha value is -3.38. The maximum atomic E-state index is 12.4. The largest absolute Gasteiger partial charge is 0.453 e. The molecule has 0 bridgehead atoms. The van der Waals surface area contributed by atoms with Crippen molar-refractivity contribution in [3.8, 4) is 11.3 Å². The molecule has 0 aliphatic carbocycles. The lowest BCUT2D eigenvalue weighted by molar-refractivity contribution is -0.119. The lowest BCUT2D eigenvalue weighted by Crippen LogP contribution is -2.21. The van der Waals surface area contributed by atoms with Crippen molar-refractivity contribution < 1.29 is 23.5 Å². The van der Waals surface area contributed by atoms with Gasteiger partial charge in [0.25, 0.3) is 5.91 Å². The van der Waals surface area contributed by atoms with Crippen LogP contribution in [0.5, 0.6) is 0 Å². The molecular weight excluding hydrogens is 394 g/mol. The number of para-hydroxylation sites is 1. The van der Waals surface area contributed by atoms with E-state index in [1.165, 1.54) is 18.2 Å². The summed E-state index contributed by atoms with van der Waals surface area (Å²) in [6, 6.07) is 15.2. The van der Waals surface area contributed by atoms with E-state index in [0.717, 1.165) is 12.0 Å². The first-order valence-electron chi connectivity index (χ1n) is 8.91. The standard InChI is InChI=1S/C22H18ClNO5/c1-2-14-5-3-4-6-19(14)24-21(26)13-28-22(27)17-11-15(7-9-18(17)23)20-10-8-16(12-25)29-20/h3-12H,2,13H2,1H3,(H,24,26). The average Bonchev–Trinajstić information content (AvgIpc) is 3.22. The van der Waals surface area contributed by atoms with Crippen molar-refractivity contribution in [3.63, 3.8) is 0 Å². The molecule has 1 heterocycles. The van der Waals surface area contributed by atoms with Crippen LogP contribution in [0.4, 0.5) is 5.69 Å². The van der Waals surface area contributed by atoms with Crippen molar-refractivity contribution in [1.82, 2.24) is 0 Å². The first-order chi connectivity index (χ1) is 14.0. The summed E-state index contributed by atoms with van der Waals surface area (Å²) >= 11 is 6.11. The molecule has 2 aromatic carbocycles. The van der Waals surface area contributed by atoms with Crippen molar-refractivity contribution in [2.75, 3.05) is 11.9 Å². The van der Waals surface area contributed by atoms with E-state index in [4.69, 9.17) is 20.8 Å². The Morgan fingerprint density at radius 2 is 1.93 bits per heavy atom. The van der Waals surface area contributed by atoms with Crippen LogP contribution in [0.25, 0.3) is 11.3 Å². The van der Waals surface area contributed by atoms with Crippen LogP contribution in [0.3, 0.4) is 0 Å². The number of ether oxygens (including phenoxy) is 1. The molecule has 148 valence electrons. The molecule has 3 aromatic rings. The number of hydrogen-bond donors (Lipinski definition) is 1. The summed E-state index contributed by atoms with van der Waals surface area (Å²) in [5.74, 6) is -0.610. The lowest BCUT2D eigenvalue weighted by Gasteiger charge is -2.11. The number of esters is 1. The van der Waals surface area contributed by atoms with E-state index in [2.05, 4.69) is 5.32 Å². The smallest absolute Gasteiger partial charge is 0.340 e. The SMILES string of the molecule is CCc1ccccc1NC(=O)COC(=O)c1cc(-c2ccc(C=O)o2)ccc1Cl. The predicted molar refractivity (Wildman–Crippen MR) is 109 cm³/mol. The minimum Gasteiger partial charge on any atom is -0.453 e. The highest BCUT2D eigenvalue weighted by Crippen LogP contribution is 2.27. The van der Waals surface area contributed by atoms with Crippen LogP contribution in [0.1, 0.15) is 33.4 Å². The van der Waals surface area contributed by atoms with Gasteiger partial charge in [0, 0.05) is 11.3 Å². The summed E-state index contributed by atoms with van der Waals surface area (Å²) in [6.07, 6.45) is 1.35. The third-order valence-corrected chi connectivity index (χ3v) is 4.55. The van der Waals surface area contributed by atoms with Gasteiger partial charge in [0.2, 0.25) is 0 Å². The number of halogens is 1. The molecule has 29 heavy (non-hydrogen) atoms. The Morgan fingerprint density at radius 3 is 2.66 bits per heavy atom. The number of anilines is 1. The van der Waals surface area contributed by atoms with E-state index in [-0.39, 0.29) is 16.3 Å². The van der Waals surface area contributed by atoms with Crippen LogP contribution >= 0.6 is 11.6 Å². The first-order valence-corrected chi connectivity index (χ1v) is 9.29. The quantitative estimate of drug-likeness (QED) is 0.447. The number of rotatable bonds is 7. The minimum absolute atomic E-state index is 0.0926. The number of aryl methyl sites for hydroxylation is 1. The van der Waals surface area contributed by atoms with Crippen molar-refractivity contribution >= 4 is 35.5 Å². The van der Waals surface area contributed by atoms with Gasteiger partial charge in [-0.2, -0.15) is 0 Å². The van der Waals surface area contributed by atoms with Gasteiger partial charge >= 0.3 is 5.97 Å². The van der Waals surface area contributed by atoms with E-state index in [9.17, 15) is 14.4 Å². The van der Waals surface area contributed by atoms with E-state index in [1.807, 2.05) is 25.1 Å². The summed E-state index contributed by atoms with van der Waals surface area (Å²) in [6.45, 7) is 1.53. The molecule has 0 radical (unpaired) electrons. The van der Waals surface area contributed by atoms with Crippen LogP contribution in [-0.2, 0) is 16.0 Å². The van der Waals surface area contributed by atoms with Crippen LogP contribution in [-0.4, -0.2) is 24.8 Å². The zero-order valence-corrected chi connectivity index (χ0v) is 16.4. The molecule has 0 saturated heterocycles. The van der Waals surface area contributed by atoms with E-state index >= 15 is 0 Å². The number of benzene rings is 2. The Balaban J connectivity index is 1.68. The molecule has 0 unspecified atom stereocenters. The zero-order chi connectivity index (χ0) is 20.8. The van der Waals surface area contributed by atoms with E-state index in [0.29, 0.717) is 23.3 Å². The summed E-state index contributed by atoms with van der Waals surface area (Å²) < 4.78 is 10.5. The first kappa shape index (κ1) is 20.4. The molecule has 0 spiro atoms. The van der Waals surface area contributed by atoms with Gasteiger partial charge in [0.15, 0.2) is 18.7 Å². The van der Waals surface area contributed by atoms with Crippen molar-refractivity contribution in [3.05, 3.63) is 76.5 Å². The highest BCUT2D eigenvalue weighted by Gasteiger charge is 2.17. The molecule has 7 heteroatoms. The number of carbonyl (C=O) groups excluding carboxylic acids is 3. The molecule has 1 amide bonds. The highest BCUT2D eigenvalue weighted by molar-refractivity contribution is 6.33. The van der Waals surface area contributed by atoms with E-state index < -0.39 is 18.5 Å². The Morgan fingerprint density at radius 1 is 1.14 bits per heavy atom. The Labute approximate surface area is 172 Å². The summed E-state index contributed by atoms with van der Waals surface area (Å²) in [4.78, 5) is 35.3. The Bertz CT molecular complexity index is 1060. The molecule has 0 saturated carbocycles. The maximum absolute atomic E-state index is 12.4. The molecule has 1 N–H and O–H groups in total. The number of nitrogens with one attached hydrogen (secondary N) is 1. The van der Waals surface area contributed by atoms with Gasteiger partial charge in [0.05, 0.1) is 10.6 Å². The van der Waals surface area contributed by atoms with Gasteiger partial charge in [-0.15, -0.1) is 0 Å². The molecule has 0 fully saturated rings. The zero-order valence-electron chi connectivity index (χ0n) is 15.6. The number of hydrogen-bond acceptors (Lipinski definition) is 5. The minimum atomic E-state index is -0.738. The van der Waals surface area contributed by atoms with Gasteiger partial charge in [-0.05, 0) is 48.4 Å². The lowest BCUT2D eigenvalue weighted by atomic mass is 10.1. The third-order valence-electron chi connectivity index (χ3n) is 4.22. The molecule has 0 atom stereocenters. The Kier molecular flexibility index (Phi) is 6.46. The van der Waals surface area contributed by atoms with Crippen molar-refractivity contribution in [2.45, 2.75) is 13.3 Å². The summed E-state index contributed by atoms with van der Waals surface area (Å²) in [5, 5.41) is 2.91.